The standard InChI is InChI=1S/C18H16FNO4/c19-15-6-1-14(2-7-15)12-24-16-8-3-13(4-9-16)5-10-17(21)20-11-18(22)23/h1-10H,11-12H2,(H,20,21)(H,22,23)/b10-5+. The fraction of sp³-hybridized carbons (Fsp3) is 0.111. The van der Waals surface area contributed by atoms with E-state index in [0.717, 1.165) is 11.1 Å². The van der Waals surface area contributed by atoms with Crippen LogP contribution < -0.4 is 10.1 Å². The van der Waals surface area contributed by atoms with Gasteiger partial charge in [0.1, 0.15) is 24.7 Å². The summed E-state index contributed by atoms with van der Waals surface area (Å²) >= 11 is 0. The number of carbonyl (C=O) groups excluding carboxylic acids is 1. The minimum Gasteiger partial charge on any atom is -0.489 e. The summed E-state index contributed by atoms with van der Waals surface area (Å²) in [5.74, 6) is -1.22. The molecule has 6 heteroatoms. The lowest BCUT2D eigenvalue weighted by Crippen LogP contribution is -2.27. The van der Waals surface area contributed by atoms with Crippen LogP contribution in [0.25, 0.3) is 6.08 Å². The second-order valence-corrected chi connectivity index (χ2v) is 4.93. The number of aliphatic carboxylic acids is 1. The molecular weight excluding hydrogens is 313 g/mol. The van der Waals surface area contributed by atoms with Gasteiger partial charge in [-0.1, -0.05) is 24.3 Å². The van der Waals surface area contributed by atoms with Gasteiger partial charge in [0.25, 0.3) is 0 Å². The maximum atomic E-state index is 12.8. The Bertz CT molecular complexity index is 724. The second kappa shape index (κ2) is 8.47. The molecule has 0 aliphatic rings. The second-order valence-electron chi connectivity index (χ2n) is 4.93. The lowest BCUT2D eigenvalue weighted by Gasteiger charge is -2.06. The number of benzene rings is 2. The van der Waals surface area contributed by atoms with E-state index in [0.29, 0.717) is 12.4 Å². The van der Waals surface area contributed by atoms with Gasteiger partial charge in [-0.15, -0.1) is 0 Å². The minimum atomic E-state index is -1.10. The van der Waals surface area contributed by atoms with Gasteiger partial charge in [0.05, 0.1) is 0 Å². The number of amides is 1. The molecule has 124 valence electrons. The number of carboxylic acids is 1. The van der Waals surface area contributed by atoms with Crippen LogP contribution in [0.2, 0.25) is 0 Å². The summed E-state index contributed by atoms with van der Waals surface area (Å²) in [5.41, 5.74) is 1.63. The Balaban J connectivity index is 1.85. The highest BCUT2D eigenvalue weighted by Gasteiger charge is 2.00. The van der Waals surface area contributed by atoms with Crippen molar-refractivity contribution in [2.24, 2.45) is 0 Å². The zero-order valence-electron chi connectivity index (χ0n) is 12.7. The molecule has 0 bridgehead atoms. The molecule has 2 aromatic carbocycles. The van der Waals surface area contributed by atoms with E-state index in [-0.39, 0.29) is 5.82 Å². The molecule has 24 heavy (non-hydrogen) atoms. The third-order valence-electron chi connectivity index (χ3n) is 3.04. The number of carbonyl (C=O) groups is 2. The Morgan fingerprint density at radius 3 is 2.38 bits per heavy atom. The number of rotatable bonds is 7. The van der Waals surface area contributed by atoms with E-state index < -0.39 is 18.4 Å². The molecule has 0 aliphatic carbocycles. The summed E-state index contributed by atoms with van der Waals surface area (Å²) < 4.78 is 18.4. The van der Waals surface area contributed by atoms with E-state index >= 15 is 0 Å². The van der Waals surface area contributed by atoms with Crippen molar-refractivity contribution >= 4 is 18.0 Å². The fourth-order valence-electron chi connectivity index (χ4n) is 1.82. The molecule has 0 spiro atoms. The predicted octanol–water partition coefficient (Wildman–Crippen LogP) is 2.62. The maximum Gasteiger partial charge on any atom is 0.322 e. The van der Waals surface area contributed by atoms with Gasteiger partial charge in [0.15, 0.2) is 0 Å². The van der Waals surface area contributed by atoms with E-state index in [4.69, 9.17) is 9.84 Å². The van der Waals surface area contributed by atoms with Crippen molar-refractivity contribution in [3.63, 3.8) is 0 Å². The molecule has 0 unspecified atom stereocenters. The smallest absolute Gasteiger partial charge is 0.322 e. The van der Waals surface area contributed by atoms with Gasteiger partial charge in [0, 0.05) is 6.08 Å². The average molecular weight is 329 g/mol. The normalized spacial score (nSPS) is 10.5. The lowest BCUT2D eigenvalue weighted by atomic mass is 10.2. The molecule has 5 nitrogen and oxygen atoms in total. The topological polar surface area (TPSA) is 75.6 Å². The van der Waals surface area contributed by atoms with Gasteiger partial charge in [-0.25, -0.2) is 4.39 Å². The Morgan fingerprint density at radius 2 is 1.75 bits per heavy atom. The van der Waals surface area contributed by atoms with Crippen molar-refractivity contribution in [1.29, 1.82) is 0 Å². The third kappa shape index (κ3) is 5.92. The molecule has 0 fully saturated rings. The summed E-state index contributed by atoms with van der Waals surface area (Å²) in [6, 6.07) is 13.1. The molecule has 0 heterocycles. The number of nitrogens with one attached hydrogen (secondary N) is 1. The number of halogens is 1. The van der Waals surface area contributed by atoms with Crippen molar-refractivity contribution in [3.05, 3.63) is 71.6 Å². The quantitative estimate of drug-likeness (QED) is 0.766. The third-order valence-corrected chi connectivity index (χ3v) is 3.04. The van der Waals surface area contributed by atoms with Crippen LogP contribution in [-0.2, 0) is 16.2 Å². The lowest BCUT2D eigenvalue weighted by molar-refractivity contribution is -0.137. The van der Waals surface area contributed by atoms with Crippen LogP contribution in [0.4, 0.5) is 4.39 Å². The minimum absolute atomic E-state index is 0.290. The highest BCUT2D eigenvalue weighted by Crippen LogP contribution is 2.15. The van der Waals surface area contributed by atoms with Gasteiger partial charge in [0.2, 0.25) is 5.91 Å². The monoisotopic (exact) mass is 329 g/mol. The fourth-order valence-corrected chi connectivity index (χ4v) is 1.82. The molecule has 2 aromatic rings. The highest BCUT2D eigenvalue weighted by atomic mass is 19.1. The summed E-state index contributed by atoms with van der Waals surface area (Å²) in [4.78, 5) is 21.7. The van der Waals surface area contributed by atoms with Crippen LogP contribution in [0.15, 0.2) is 54.6 Å². The van der Waals surface area contributed by atoms with Crippen LogP contribution in [0.3, 0.4) is 0 Å². The van der Waals surface area contributed by atoms with Crippen LogP contribution in [0.1, 0.15) is 11.1 Å². The number of ether oxygens (including phenoxy) is 1. The Labute approximate surface area is 138 Å². The van der Waals surface area contributed by atoms with Crippen molar-refractivity contribution in [3.8, 4) is 5.75 Å². The van der Waals surface area contributed by atoms with E-state index in [2.05, 4.69) is 5.32 Å². The molecule has 0 saturated carbocycles. The average Bonchev–Trinajstić information content (AvgIpc) is 2.58. The van der Waals surface area contributed by atoms with Gasteiger partial charge < -0.3 is 15.2 Å². The van der Waals surface area contributed by atoms with E-state index in [9.17, 15) is 14.0 Å². The number of carboxylic acid groups (broad SMARTS) is 1. The van der Waals surface area contributed by atoms with Crippen molar-refractivity contribution in [1.82, 2.24) is 5.32 Å². The summed E-state index contributed by atoms with van der Waals surface area (Å²) in [5, 5.41) is 10.7. The molecule has 0 atom stereocenters. The number of hydrogen-bond donors (Lipinski definition) is 2. The summed E-state index contributed by atoms with van der Waals surface area (Å²) in [6.45, 7) is -0.0909. The Morgan fingerprint density at radius 1 is 1.08 bits per heavy atom. The van der Waals surface area contributed by atoms with Crippen molar-refractivity contribution in [2.45, 2.75) is 6.61 Å². The van der Waals surface area contributed by atoms with E-state index in [1.807, 2.05) is 0 Å². The highest BCUT2D eigenvalue weighted by molar-refractivity contribution is 5.93. The van der Waals surface area contributed by atoms with E-state index in [1.54, 1.807) is 42.5 Å². The van der Waals surface area contributed by atoms with Crippen LogP contribution in [0.5, 0.6) is 5.75 Å². The molecule has 2 rings (SSSR count). The molecule has 0 aliphatic heterocycles. The first-order valence-electron chi connectivity index (χ1n) is 7.18. The Hall–Kier alpha value is -3.15. The first kappa shape index (κ1) is 17.2. The zero-order valence-corrected chi connectivity index (χ0v) is 12.7. The summed E-state index contributed by atoms with van der Waals surface area (Å²) in [7, 11) is 0. The molecular formula is C18H16FNO4. The maximum absolute atomic E-state index is 12.8. The van der Waals surface area contributed by atoms with E-state index in [1.165, 1.54) is 18.2 Å². The van der Waals surface area contributed by atoms with Crippen molar-refractivity contribution < 1.29 is 23.8 Å². The van der Waals surface area contributed by atoms with Gasteiger partial charge in [-0.05, 0) is 41.5 Å². The number of hydrogen-bond acceptors (Lipinski definition) is 3. The molecule has 0 radical (unpaired) electrons. The molecule has 2 N–H and O–H groups in total. The SMILES string of the molecule is O=C(O)CNC(=O)/C=C/c1ccc(OCc2ccc(F)cc2)cc1. The van der Waals surface area contributed by atoms with Crippen LogP contribution in [-0.4, -0.2) is 23.5 Å². The molecule has 0 aromatic heterocycles. The first-order valence-corrected chi connectivity index (χ1v) is 7.18. The largest absolute Gasteiger partial charge is 0.489 e. The van der Waals surface area contributed by atoms with Gasteiger partial charge >= 0.3 is 5.97 Å². The molecule has 0 saturated heterocycles. The predicted molar refractivity (Wildman–Crippen MR) is 86.9 cm³/mol. The van der Waals surface area contributed by atoms with Gasteiger partial charge in [-0.2, -0.15) is 0 Å². The summed E-state index contributed by atoms with van der Waals surface area (Å²) in [6.07, 6.45) is 2.83. The van der Waals surface area contributed by atoms with Crippen molar-refractivity contribution in [2.75, 3.05) is 6.54 Å². The zero-order chi connectivity index (χ0) is 17.4. The van der Waals surface area contributed by atoms with Crippen LogP contribution in [0, 0.1) is 5.82 Å². The van der Waals surface area contributed by atoms with Crippen LogP contribution >= 0.6 is 0 Å². The van der Waals surface area contributed by atoms with Gasteiger partial charge in [-0.3, -0.25) is 9.59 Å². The Kier molecular flexibility index (Phi) is 6.08. The molecule has 1 amide bonds. The first-order chi connectivity index (χ1) is 11.5.